The van der Waals surface area contributed by atoms with Crippen molar-refractivity contribution in [1.29, 1.82) is 0 Å². The first kappa shape index (κ1) is 60.5. The third-order valence-electron chi connectivity index (χ3n) is 19.7. The van der Waals surface area contributed by atoms with Crippen molar-refractivity contribution in [3.63, 3.8) is 0 Å². The lowest BCUT2D eigenvalue weighted by Gasteiger charge is -2.10. The zero-order valence-electron chi connectivity index (χ0n) is 55.2. The van der Waals surface area contributed by atoms with E-state index in [1.165, 1.54) is 43.4 Å². The second kappa shape index (κ2) is 25.5. The number of nitrogens with zero attached hydrogens (tertiary/aromatic N) is 6. The van der Waals surface area contributed by atoms with Crippen LogP contribution in [0.4, 0.5) is 0 Å². The first-order valence-electron chi connectivity index (χ1n) is 34.2. The molecule has 9 nitrogen and oxygen atoms in total. The molecule has 6 aromatic heterocycles. The van der Waals surface area contributed by atoms with E-state index in [4.69, 9.17) is 0 Å². The fraction of sp³-hybridized carbons (Fsp3) is 0. The Hall–Kier alpha value is -13.9. The van der Waals surface area contributed by atoms with E-state index in [0.29, 0.717) is 27.8 Å². The summed E-state index contributed by atoms with van der Waals surface area (Å²) >= 11 is 0. The molecule has 0 radical (unpaired) electrons. The molecule has 0 aliphatic rings. The summed E-state index contributed by atoms with van der Waals surface area (Å²) in [7, 11) is 0. The SMILES string of the molecule is O=C(c1ccccc1)c1ccc(-n2c3ccccc3c3c4ccn(-c5ccccc5)c4ccc32)cc1.O=C(c1ccccc1)c1cccc(-n2c3ccccc3c3c4ccn(-c5ccccc5)c4ccc32)c1.O=C(c1ccccc1)n1c2ccccc2c2c3ccn(-c4ccccc4)c3ccc21. The lowest BCUT2D eigenvalue weighted by atomic mass is 10.0. The van der Waals surface area contributed by atoms with Crippen molar-refractivity contribution < 1.29 is 14.4 Å². The van der Waals surface area contributed by atoms with E-state index in [1.807, 2.05) is 187 Å². The number of hydrogen-bond donors (Lipinski definition) is 0. The van der Waals surface area contributed by atoms with Crippen molar-refractivity contribution in [2.24, 2.45) is 0 Å². The van der Waals surface area contributed by atoms with Crippen molar-refractivity contribution in [3.05, 3.63) is 404 Å². The van der Waals surface area contributed by atoms with Crippen molar-refractivity contribution in [1.82, 2.24) is 27.4 Å². The third kappa shape index (κ3) is 10.4. The quantitative estimate of drug-likeness (QED) is 0.128. The number of aromatic nitrogens is 6. The molecule has 0 saturated carbocycles. The van der Waals surface area contributed by atoms with Crippen LogP contribution in [-0.2, 0) is 0 Å². The summed E-state index contributed by atoms with van der Waals surface area (Å²) in [6, 6.07) is 120. The Balaban J connectivity index is 0.000000110. The van der Waals surface area contributed by atoms with Gasteiger partial charge >= 0.3 is 0 Å². The van der Waals surface area contributed by atoms with E-state index in [9.17, 15) is 14.4 Å². The molecule has 0 saturated heterocycles. The van der Waals surface area contributed by atoms with Gasteiger partial charge in [0.05, 0.1) is 49.7 Å². The average Bonchev–Trinajstić information content (AvgIpc) is 1.58. The molecule has 0 aliphatic carbocycles. The Kier molecular flexibility index (Phi) is 15.1. The van der Waals surface area contributed by atoms with E-state index < -0.39 is 0 Å². The fourth-order valence-corrected chi connectivity index (χ4v) is 15.0. The molecule has 102 heavy (non-hydrogen) atoms. The van der Waals surface area contributed by atoms with Crippen LogP contribution in [0.1, 0.15) is 42.2 Å². The van der Waals surface area contributed by atoms with Crippen LogP contribution in [0.25, 0.3) is 127 Å². The molecule has 0 atom stereocenters. The first-order chi connectivity index (χ1) is 50.4. The van der Waals surface area contributed by atoms with Gasteiger partial charge in [-0.2, -0.15) is 0 Å². The largest absolute Gasteiger partial charge is 0.317 e. The van der Waals surface area contributed by atoms with Gasteiger partial charge in [0.1, 0.15) is 0 Å². The Morgan fingerprint density at radius 1 is 0.196 bits per heavy atom. The van der Waals surface area contributed by atoms with Crippen LogP contribution in [0, 0.1) is 0 Å². The monoisotopic (exact) mass is 1310 g/mol. The highest BCUT2D eigenvalue weighted by Crippen LogP contribution is 2.41. The molecule has 14 aromatic carbocycles. The summed E-state index contributed by atoms with van der Waals surface area (Å²) in [4.78, 5) is 39.6. The van der Waals surface area contributed by atoms with Gasteiger partial charge in [0.2, 0.25) is 0 Å². The summed E-state index contributed by atoms with van der Waals surface area (Å²) < 4.78 is 13.1. The summed E-state index contributed by atoms with van der Waals surface area (Å²) in [5, 5.41) is 10.7. The number of carbonyl (C=O) groups excluding carboxylic acids is 3. The topological polar surface area (TPSA) is 80.8 Å². The van der Waals surface area contributed by atoms with Crippen LogP contribution in [-0.4, -0.2) is 44.9 Å². The predicted octanol–water partition coefficient (Wildman–Crippen LogP) is 22.3. The van der Waals surface area contributed by atoms with Crippen molar-refractivity contribution >= 4 is 116 Å². The molecule has 0 unspecified atom stereocenters. The van der Waals surface area contributed by atoms with Crippen molar-refractivity contribution in [2.75, 3.05) is 0 Å². The average molecular weight is 1310 g/mol. The number of fused-ring (bicyclic) bond motifs is 15. The molecular formula is C93H62N6O3. The van der Waals surface area contributed by atoms with Gasteiger partial charge in [0.15, 0.2) is 11.6 Å². The van der Waals surface area contributed by atoms with Gasteiger partial charge in [0, 0.05) is 123 Å². The zero-order chi connectivity index (χ0) is 68.2. The zero-order valence-corrected chi connectivity index (χ0v) is 55.2. The van der Waals surface area contributed by atoms with Crippen LogP contribution < -0.4 is 0 Å². The molecule has 6 heterocycles. The van der Waals surface area contributed by atoms with E-state index in [2.05, 4.69) is 217 Å². The van der Waals surface area contributed by atoms with Gasteiger partial charge in [-0.3, -0.25) is 19.0 Å². The van der Waals surface area contributed by atoms with E-state index >= 15 is 0 Å². The number of carbonyl (C=O) groups is 3. The number of rotatable bonds is 10. The number of benzene rings is 14. The second-order valence-corrected chi connectivity index (χ2v) is 25.5. The highest BCUT2D eigenvalue weighted by atomic mass is 16.2. The Labute approximate surface area is 586 Å². The summed E-state index contributed by atoms with van der Waals surface area (Å²) in [6.45, 7) is 0. The molecule has 20 rings (SSSR count). The molecule has 9 heteroatoms. The molecule has 0 aliphatic heterocycles. The molecule has 0 N–H and O–H groups in total. The van der Waals surface area contributed by atoms with E-state index in [0.717, 1.165) is 83.2 Å². The molecular weight excluding hydrogens is 1250 g/mol. The predicted molar refractivity (Wildman–Crippen MR) is 417 cm³/mol. The molecule has 0 spiro atoms. The highest BCUT2D eigenvalue weighted by molar-refractivity contribution is 6.25. The minimum absolute atomic E-state index is 0.0105. The highest BCUT2D eigenvalue weighted by Gasteiger charge is 2.23. The standard InChI is InChI=1S/2C33H22N2O.C27H18N2O/c36-33(23-10-3-1-4-11-23)24-12-9-15-26(22-24)35-30-17-8-7-16-27(30)32-28-20-21-34(25-13-5-2-6-14-25)29(28)18-19-31(32)35;36-33(23-9-3-1-4-10-23)24-15-17-26(18-16-24)35-30-14-8-7-13-27(30)32-28-21-22-34(25-11-5-2-6-12-25)29(28)19-20-31(32)35;30-27(19-9-3-1-4-10-19)29-24-14-8-7-13-21(24)26-22-17-18-28(20-11-5-2-6-12-20)23(22)15-16-25(26)29/h2*1-22H;1-18H. The minimum Gasteiger partial charge on any atom is -0.317 e. The minimum atomic E-state index is -0.0105. The Morgan fingerprint density at radius 3 is 0.951 bits per heavy atom. The third-order valence-corrected chi connectivity index (χ3v) is 19.7. The fourth-order valence-electron chi connectivity index (χ4n) is 15.0. The lowest BCUT2D eigenvalue weighted by molar-refractivity contribution is 0.0967. The Morgan fingerprint density at radius 2 is 0.500 bits per heavy atom. The van der Waals surface area contributed by atoms with Gasteiger partial charge in [-0.15, -0.1) is 0 Å². The molecule has 20 aromatic rings. The van der Waals surface area contributed by atoms with Gasteiger partial charge < -0.3 is 22.8 Å². The smallest absolute Gasteiger partial charge is 0.262 e. The normalized spacial score (nSPS) is 11.5. The maximum absolute atomic E-state index is 13.5. The molecule has 482 valence electrons. The van der Waals surface area contributed by atoms with Gasteiger partial charge in [0.25, 0.3) is 5.91 Å². The summed E-state index contributed by atoms with van der Waals surface area (Å²) in [5.41, 5.74) is 18.8. The van der Waals surface area contributed by atoms with E-state index in [1.54, 1.807) is 0 Å². The number of hydrogen-bond acceptors (Lipinski definition) is 3. The van der Waals surface area contributed by atoms with Crippen molar-refractivity contribution in [2.45, 2.75) is 0 Å². The summed E-state index contributed by atoms with van der Waals surface area (Å²) in [6.07, 6.45) is 6.39. The van der Waals surface area contributed by atoms with Crippen LogP contribution in [0.5, 0.6) is 0 Å². The maximum Gasteiger partial charge on any atom is 0.262 e. The second-order valence-electron chi connectivity index (χ2n) is 25.5. The van der Waals surface area contributed by atoms with Crippen LogP contribution in [0.3, 0.4) is 0 Å². The Bertz CT molecular complexity index is 6580. The summed E-state index contributed by atoms with van der Waals surface area (Å²) in [5.74, 6) is 0.0533. The van der Waals surface area contributed by atoms with E-state index in [-0.39, 0.29) is 17.5 Å². The molecule has 0 bridgehead atoms. The lowest BCUT2D eigenvalue weighted by Crippen LogP contribution is -2.11. The molecule has 0 amide bonds. The van der Waals surface area contributed by atoms with Gasteiger partial charge in [-0.05, 0) is 158 Å². The number of para-hydroxylation sites is 6. The number of ketones is 2. The maximum atomic E-state index is 13.5. The molecule has 0 fully saturated rings. The van der Waals surface area contributed by atoms with Crippen molar-refractivity contribution in [3.8, 4) is 28.4 Å². The van der Waals surface area contributed by atoms with Crippen LogP contribution in [0.15, 0.2) is 377 Å². The van der Waals surface area contributed by atoms with Gasteiger partial charge in [-0.1, -0.05) is 200 Å². The van der Waals surface area contributed by atoms with Crippen LogP contribution >= 0.6 is 0 Å². The van der Waals surface area contributed by atoms with Crippen LogP contribution in [0.2, 0.25) is 0 Å². The van der Waals surface area contributed by atoms with Gasteiger partial charge in [-0.25, -0.2) is 0 Å². The first-order valence-corrected chi connectivity index (χ1v) is 34.2.